The van der Waals surface area contributed by atoms with E-state index in [4.69, 9.17) is 4.74 Å². The van der Waals surface area contributed by atoms with E-state index < -0.39 is 10.0 Å². The van der Waals surface area contributed by atoms with E-state index in [9.17, 15) is 8.42 Å². The summed E-state index contributed by atoms with van der Waals surface area (Å²) in [5.74, 6) is 0.574. The minimum absolute atomic E-state index is 0.393. The largest absolute Gasteiger partial charge is 0.381 e. The van der Waals surface area contributed by atoms with Crippen molar-refractivity contribution in [3.63, 3.8) is 0 Å². The van der Waals surface area contributed by atoms with Gasteiger partial charge in [-0.2, -0.15) is 0 Å². The molecule has 1 aliphatic heterocycles. The number of sulfonamides is 1. The van der Waals surface area contributed by atoms with E-state index in [2.05, 4.69) is 4.72 Å². The molecular formula is C15H23NO3S. The Morgan fingerprint density at radius 3 is 2.65 bits per heavy atom. The summed E-state index contributed by atoms with van der Waals surface area (Å²) in [7, 11) is -3.40. The van der Waals surface area contributed by atoms with E-state index in [-0.39, 0.29) is 0 Å². The Bertz CT molecular complexity index is 548. The Morgan fingerprint density at radius 2 is 1.95 bits per heavy atom. The number of rotatable bonds is 5. The molecule has 1 saturated heterocycles. The molecule has 112 valence electrons. The average molecular weight is 297 g/mol. The van der Waals surface area contributed by atoms with Gasteiger partial charge in [-0.25, -0.2) is 13.1 Å². The Hall–Kier alpha value is -0.910. The smallest absolute Gasteiger partial charge is 0.240 e. The van der Waals surface area contributed by atoms with Gasteiger partial charge in [0, 0.05) is 19.8 Å². The highest BCUT2D eigenvalue weighted by molar-refractivity contribution is 7.89. The molecule has 1 aromatic carbocycles. The molecule has 0 amide bonds. The van der Waals surface area contributed by atoms with Crippen molar-refractivity contribution in [3.8, 4) is 0 Å². The zero-order valence-corrected chi connectivity index (χ0v) is 13.0. The maximum atomic E-state index is 12.3. The Kier molecular flexibility index (Phi) is 5.18. The van der Waals surface area contributed by atoms with Gasteiger partial charge in [-0.1, -0.05) is 12.1 Å². The van der Waals surface area contributed by atoms with Crippen molar-refractivity contribution in [2.24, 2.45) is 5.92 Å². The summed E-state index contributed by atoms with van der Waals surface area (Å²) in [6.07, 6.45) is 2.95. The number of benzene rings is 1. The van der Waals surface area contributed by atoms with Crippen molar-refractivity contribution in [2.45, 2.75) is 38.0 Å². The van der Waals surface area contributed by atoms with E-state index >= 15 is 0 Å². The SMILES string of the molecule is Cc1ccc(C)c(S(=O)(=O)NCCC2CCOCC2)c1. The van der Waals surface area contributed by atoms with Crippen LogP contribution in [0.1, 0.15) is 30.4 Å². The van der Waals surface area contributed by atoms with Gasteiger partial charge in [-0.3, -0.25) is 0 Å². The van der Waals surface area contributed by atoms with E-state index in [1.165, 1.54) is 0 Å². The molecule has 1 aromatic rings. The molecule has 4 nitrogen and oxygen atoms in total. The third-order valence-electron chi connectivity index (χ3n) is 3.82. The Labute approximate surface area is 121 Å². The first-order chi connectivity index (χ1) is 9.49. The van der Waals surface area contributed by atoms with E-state index in [0.717, 1.165) is 43.6 Å². The molecule has 0 spiro atoms. The first-order valence-electron chi connectivity index (χ1n) is 7.14. The summed E-state index contributed by atoms with van der Waals surface area (Å²) >= 11 is 0. The van der Waals surface area contributed by atoms with Crippen molar-refractivity contribution in [3.05, 3.63) is 29.3 Å². The number of aryl methyl sites for hydroxylation is 2. The van der Waals surface area contributed by atoms with Crippen LogP contribution in [0.2, 0.25) is 0 Å². The Morgan fingerprint density at radius 1 is 1.25 bits per heavy atom. The van der Waals surface area contributed by atoms with Crippen LogP contribution in [0.3, 0.4) is 0 Å². The molecule has 1 N–H and O–H groups in total. The fourth-order valence-electron chi connectivity index (χ4n) is 2.51. The zero-order chi connectivity index (χ0) is 14.6. The van der Waals surface area contributed by atoms with E-state index in [0.29, 0.717) is 17.4 Å². The lowest BCUT2D eigenvalue weighted by atomic mass is 9.97. The molecule has 0 aromatic heterocycles. The Balaban J connectivity index is 1.95. The number of hydrogen-bond donors (Lipinski definition) is 1. The molecule has 5 heteroatoms. The lowest BCUT2D eigenvalue weighted by Gasteiger charge is -2.22. The highest BCUT2D eigenvalue weighted by Crippen LogP contribution is 2.19. The van der Waals surface area contributed by atoms with Gasteiger partial charge >= 0.3 is 0 Å². The molecule has 2 rings (SSSR count). The van der Waals surface area contributed by atoms with Crippen LogP contribution in [0, 0.1) is 19.8 Å². The van der Waals surface area contributed by atoms with E-state index in [1.54, 1.807) is 6.07 Å². The maximum absolute atomic E-state index is 12.3. The zero-order valence-electron chi connectivity index (χ0n) is 12.2. The molecule has 0 saturated carbocycles. The second-order valence-electron chi connectivity index (χ2n) is 5.51. The minimum atomic E-state index is -3.40. The quantitative estimate of drug-likeness (QED) is 0.908. The van der Waals surface area contributed by atoms with Crippen molar-refractivity contribution < 1.29 is 13.2 Å². The van der Waals surface area contributed by atoms with Gasteiger partial charge in [0.05, 0.1) is 4.90 Å². The summed E-state index contributed by atoms with van der Waals surface area (Å²) in [4.78, 5) is 0.393. The molecular weight excluding hydrogens is 274 g/mol. The lowest BCUT2D eigenvalue weighted by molar-refractivity contribution is 0.0644. The molecule has 0 unspecified atom stereocenters. The fourth-order valence-corrected chi connectivity index (χ4v) is 3.88. The third-order valence-corrected chi connectivity index (χ3v) is 5.42. The van der Waals surface area contributed by atoms with Gasteiger partial charge in [0.2, 0.25) is 10.0 Å². The van der Waals surface area contributed by atoms with Gasteiger partial charge < -0.3 is 4.74 Å². The van der Waals surface area contributed by atoms with Crippen LogP contribution in [0.4, 0.5) is 0 Å². The first-order valence-corrected chi connectivity index (χ1v) is 8.62. The van der Waals surface area contributed by atoms with Gasteiger partial charge in [0.25, 0.3) is 0 Å². The van der Waals surface area contributed by atoms with Gasteiger partial charge in [-0.05, 0) is 56.2 Å². The van der Waals surface area contributed by atoms with Gasteiger partial charge in [0.1, 0.15) is 0 Å². The molecule has 1 fully saturated rings. The molecule has 0 aliphatic carbocycles. The summed E-state index contributed by atoms with van der Waals surface area (Å²) < 4.78 is 32.7. The monoisotopic (exact) mass is 297 g/mol. The highest BCUT2D eigenvalue weighted by atomic mass is 32.2. The van der Waals surface area contributed by atoms with Crippen LogP contribution in [0.15, 0.2) is 23.1 Å². The topological polar surface area (TPSA) is 55.4 Å². The lowest BCUT2D eigenvalue weighted by Crippen LogP contribution is -2.28. The normalized spacial score (nSPS) is 17.3. The predicted octanol–water partition coefficient (Wildman–Crippen LogP) is 2.40. The maximum Gasteiger partial charge on any atom is 0.240 e. The molecule has 1 heterocycles. The molecule has 0 atom stereocenters. The second-order valence-corrected chi connectivity index (χ2v) is 7.25. The van der Waals surface area contributed by atoms with Gasteiger partial charge in [0.15, 0.2) is 0 Å². The van der Waals surface area contributed by atoms with Crippen molar-refractivity contribution >= 4 is 10.0 Å². The van der Waals surface area contributed by atoms with Crippen LogP contribution in [-0.2, 0) is 14.8 Å². The second kappa shape index (κ2) is 6.70. The van der Waals surface area contributed by atoms with Crippen LogP contribution >= 0.6 is 0 Å². The van der Waals surface area contributed by atoms with E-state index in [1.807, 2.05) is 26.0 Å². The minimum Gasteiger partial charge on any atom is -0.381 e. The van der Waals surface area contributed by atoms with Gasteiger partial charge in [-0.15, -0.1) is 0 Å². The molecule has 0 radical (unpaired) electrons. The van der Waals surface area contributed by atoms with Crippen molar-refractivity contribution in [1.29, 1.82) is 0 Å². The molecule has 20 heavy (non-hydrogen) atoms. The summed E-state index contributed by atoms with van der Waals surface area (Å²) in [6.45, 7) is 5.83. The van der Waals surface area contributed by atoms with Crippen LogP contribution in [0.5, 0.6) is 0 Å². The first kappa shape index (κ1) is 15.5. The summed E-state index contributed by atoms with van der Waals surface area (Å²) in [5, 5.41) is 0. The third kappa shape index (κ3) is 4.04. The molecule has 1 aliphatic rings. The van der Waals surface area contributed by atoms with Crippen LogP contribution in [0.25, 0.3) is 0 Å². The highest BCUT2D eigenvalue weighted by Gasteiger charge is 2.18. The number of hydrogen-bond acceptors (Lipinski definition) is 3. The summed E-state index contributed by atoms with van der Waals surface area (Å²) in [5.41, 5.74) is 1.74. The standard InChI is InChI=1S/C15H23NO3S/c1-12-3-4-13(2)15(11-12)20(17,18)16-8-5-14-6-9-19-10-7-14/h3-4,11,14,16H,5-10H2,1-2H3. The molecule has 0 bridgehead atoms. The van der Waals surface area contributed by atoms with Crippen molar-refractivity contribution in [1.82, 2.24) is 4.72 Å². The van der Waals surface area contributed by atoms with Crippen molar-refractivity contribution in [2.75, 3.05) is 19.8 Å². The number of nitrogens with one attached hydrogen (secondary N) is 1. The van der Waals surface area contributed by atoms with Crippen LogP contribution < -0.4 is 4.72 Å². The van der Waals surface area contributed by atoms with Crippen LogP contribution in [-0.4, -0.2) is 28.2 Å². The number of ether oxygens (including phenoxy) is 1. The average Bonchev–Trinajstić information content (AvgIpc) is 2.42. The fraction of sp³-hybridized carbons (Fsp3) is 0.600. The summed E-state index contributed by atoms with van der Waals surface area (Å²) in [6, 6.07) is 5.50. The predicted molar refractivity (Wildman–Crippen MR) is 79.3 cm³/mol.